The Balaban J connectivity index is 1.96. The monoisotopic (exact) mass is 399 g/mol. The molecular formula is C21H22N2O4S. The number of anilines is 1. The normalized spacial score (nSPS) is 16.4. The molecule has 1 aliphatic heterocycles. The van der Waals surface area contributed by atoms with Crippen LogP contribution in [-0.4, -0.2) is 40.1 Å². The van der Waals surface area contributed by atoms with E-state index in [1.807, 2.05) is 0 Å². The summed E-state index contributed by atoms with van der Waals surface area (Å²) in [7, 11) is 0. The second-order valence-corrected chi connectivity index (χ2v) is 8.35. The number of rotatable bonds is 5. The first-order chi connectivity index (χ1) is 13.5. The number of nitrogen functional groups attached to an aromatic ring is 1. The van der Waals surface area contributed by atoms with E-state index in [9.17, 15) is 14.4 Å². The van der Waals surface area contributed by atoms with Crippen LogP contribution in [0.2, 0.25) is 0 Å². The van der Waals surface area contributed by atoms with Gasteiger partial charge in [0.15, 0.2) is 0 Å². The lowest BCUT2D eigenvalue weighted by atomic mass is 10.1. The number of carbonyl (C=O) groups excluding carboxylic acids is 3. The fourth-order valence-corrected chi connectivity index (χ4v) is 3.58. The summed E-state index contributed by atoms with van der Waals surface area (Å²) in [4.78, 5) is 40.3. The first kappa shape index (κ1) is 18.6. The third-order valence-corrected chi connectivity index (χ3v) is 4.98. The first-order valence-corrected chi connectivity index (χ1v) is 9.71. The molecule has 1 aliphatic rings. The van der Waals surface area contributed by atoms with Crippen LogP contribution in [0, 0.1) is 0 Å². The molecule has 2 N–H and O–H groups in total. The number of benzene rings is 2. The Labute approximate surface area is 169 Å². The number of thioether (sulfide) groups is 1. The molecule has 1 heterocycles. The minimum atomic E-state index is -2.23. The highest BCUT2D eigenvalue weighted by atomic mass is 32.2. The zero-order chi connectivity index (χ0) is 21.4. The fraction of sp³-hybridized carbons (Fsp3) is 0.286. The van der Waals surface area contributed by atoms with Gasteiger partial charge in [0.2, 0.25) is 0 Å². The Morgan fingerprint density at radius 2 is 1.64 bits per heavy atom. The van der Waals surface area contributed by atoms with Gasteiger partial charge in [0.1, 0.15) is 11.6 Å². The van der Waals surface area contributed by atoms with E-state index in [2.05, 4.69) is 0 Å². The lowest BCUT2D eigenvalue weighted by Gasteiger charge is -2.28. The van der Waals surface area contributed by atoms with Crippen molar-refractivity contribution < 1.29 is 20.5 Å². The summed E-state index contributed by atoms with van der Waals surface area (Å²) in [6.07, 6.45) is 0. The summed E-state index contributed by atoms with van der Waals surface area (Å²) in [6.45, 7) is 5.00. The van der Waals surface area contributed by atoms with Crippen molar-refractivity contribution in [1.29, 1.82) is 0 Å². The van der Waals surface area contributed by atoms with Crippen molar-refractivity contribution in [3.63, 3.8) is 0 Å². The number of imide groups is 1. The van der Waals surface area contributed by atoms with Crippen LogP contribution in [-0.2, 0) is 9.53 Å². The van der Waals surface area contributed by atoms with Crippen LogP contribution < -0.4 is 5.73 Å². The quantitative estimate of drug-likeness (QED) is 0.359. The van der Waals surface area contributed by atoms with E-state index in [1.165, 1.54) is 23.9 Å². The third kappa shape index (κ3) is 4.20. The van der Waals surface area contributed by atoms with Gasteiger partial charge in [-0.25, -0.2) is 4.79 Å². The van der Waals surface area contributed by atoms with Gasteiger partial charge in [-0.15, -0.1) is 11.8 Å². The molecule has 0 bridgehead atoms. The summed E-state index contributed by atoms with van der Waals surface area (Å²) in [6, 6.07) is 11.0. The lowest BCUT2D eigenvalue weighted by Crippen LogP contribution is -2.48. The molecule has 0 radical (unpaired) electrons. The number of esters is 1. The Hall–Kier alpha value is -2.80. The van der Waals surface area contributed by atoms with Crippen LogP contribution in [0.5, 0.6) is 0 Å². The maximum absolute atomic E-state index is 13.0. The van der Waals surface area contributed by atoms with Gasteiger partial charge >= 0.3 is 5.97 Å². The molecule has 2 amide bonds. The van der Waals surface area contributed by atoms with Crippen molar-refractivity contribution in [2.24, 2.45) is 0 Å². The summed E-state index contributed by atoms with van der Waals surface area (Å²) in [5, 5.41) is 0. The standard InChI is InChI=1S/C21H22N2O4S/c1-21(2,3)27-20(26)17(12-28-14-10-8-13(22)9-11-14)23-18(24)15-6-4-5-7-16(15)19(23)25/h4-11,17H,12,22H2,1-3H3/t17-/m1/s1/i17D. The first-order valence-electron chi connectivity index (χ1n) is 9.23. The predicted molar refractivity (Wildman–Crippen MR) is 108 cm³/mol. The van der Waals surface area contributed by atoms with Crippen molar-refractivity contribution in [2.45, 2.75) is 37.3 Å². The second-order valence-electron chi connectivity index (χ2n) is 7.30. The van der Waals surface area contributed by atoms with Gasteiger partial charge in [0.25, 0.3) is 11.8 Å². The molecule has 0 aromatic heterocycles. The molecule has 1 atom stereocenters. The Morgan fingerprint density at radius 3 is 2.14 bits per heavy atom. The molecule has 3 rings (SSSR count). The molecule has 6 nitrogen and oxygen atoms in total. The number of hydrogen-bond acceptors (Lipinski definition) is 6. The van der Waals surface area contributed by atoms with Crippen molar-refractivity contribution in [1.82, 2.24) is 4.90 Å². The minimum absolute atomic E-state index is 0.176. The van der Waals surface area contributed by atoms with Crippen LogP contribution in [0.25, 0.3) is 0 Å². The number of nitrogens with zero attached hydrogens (tertiary/aromatic N) is 1. The van der Waals surface area contributed by atoms with E-state index in [0.29, 0.717) is 10.6 Å². The highest BCUT2D eigenvalue weighted by molar-refractivity contribution is 7.99. The van der Waals surface area contributed by atoms with Crippen LogP contribution >= 0.6 is 11.8 Å². The number of nitrogens with two attached hydrogens (primary N) is 1. The molecule has 0 spiro atoms. The average molecular weight is 399 g/mol. The maximum Gasteiger partial charge on any atom is 0.330 e. The molecule has 0 unspecified atom stereocenters. The van der Waals surface area contributed by atoms with E-state index in [1.54, 1.807) is 57.2 Å². The topological polar surface area (TPSA) is 89.7 Å². The van der Waals surface area contributed by atoms with E-state index in [-0.39, 0.29) is 16.9 Å². The van der Waals surface area contributed by atoms with Crippen molar-refractivity contribution in [3.8, 4) is 0 Å². The van der Waals surface area contributed by atoms with Crippen LogP contribution in [0.4, 0.5) is 5.69 Å². The van der Waals surface area contributed by atoms with Crippen LogP contribution in [0.1, 0.15) is 42.9 Å². The third-order valence-electron chi connectivity index (χ3n) is 3.95. The number of carbonyl (C=O) groups is 3. The Bertz CT molecular complexity index is 936. The maximum atomic E-state index is 13.0. The average Bonchev–Trinajstić information content (AvgIpc) is 2.91. The molecule has 0 aliphatic carbocycles. The van der Waals surface area contributed by atoms with E-state index in [4.69, 9.17) is 11.8 Å². The molecule has 2 aromatic carbocycles. The molecule has 146 valence electrons. The number of hydrogen-bond donors (Lipinski definition) is 1. The molecule has 0 saturated carbocycles. The highest BCUT2D eigenvalue weighted by Gasteiger charge is 2.44. The van der Waals surface area contributed by atoms with E-state index < -0.39 is 29.4 Å². The van der Waals surface area contributed by atoms with E-state index in [0.717, 1.165) is 4.90 Å². The van der Waals surface area contributed by atoms with Gasteiger partial charge in [-0.2, -0.15) is 0 Å². The van der Waals surface area contributed by atoms with Gasteiger partial charge < -0.3 is 10.5 Å². The van der Waals surface area contributed by atoms with E-state index >= 15 is 0 Å². The number of amides is 2. The zero-order valence-corrected chi connectivity index (χ0v) is 16.7. The van der Waals surface area contributed by atoms with Gasteiger partial charge in [0.05, 0.1) is 12.5 Å². The van der Waals surface area contributed by atoms with Crippen LogP contribution in [0.15, 0.2) is 53.4 Å². The predicted octanol–water partition coefficient (Wildman–Crippen LogP) is 3.37. The lowest BCUT2D eigenvalue weighted by molar-refractivity contribution is -0.158. The van der Waals surface area contributed by atoms with Crippen molar-refractivity contribution in [3.05, 3.63) is 59.7 Å². The Morgan fingerprint density at radius 1 is 1.11 bits per heavy atom. The van der Waals surface area contributed by atoms with Gasteiger partial charge in [0, 0.05) is 16.3 Å². The smallest absolute Gasteiger partial charge is 0.330 e. The summed E-state index contributed by atoms with van der Waals surface area (Å²) < 4.78 is 14.3. The minimum Gasteiger partial charge on any atom is -0.458 e. The molecular weight excluding hydrogens is 376 g/mol. The largest absolute Gasteiger partial charge is 0.458 e. The molecule has 28 heavy (non-hydrogen) atoms. The van der Waals surface area contributed by atoms with Crippen molar-refractivity contribution >= 4 is 35.2 Å². The Kier molecular flexibility index (Phi) is 5.09. The van der Waals surface area contributed by atoms with Crippen molar-refractivity contribution in [2.75, 3.05) is 11.5 Å². The number of fused-ring (bicyclic) bond motifs is 1. The highest BCUT2D eigenvalue weighted by Crippen LogP contribution is 2.29. The summed E-state index contributed by atoms with van der Waals surface area (Å²) in [5.74, 6) is -2.49. The van der Waals surface area contributed by atoms with Crippen LogP contribution in [0.3, 0.4) is 0 Å². The molecule has 2 aromatic rings. The number of ether oxygens (including phenoxy) is 1. The summed E-state index contributed by atoms with van der Waals surface area (Å²) >= 11 is 1.17. The summed E-state index contributed by atoms with van der Waals surface area (Å²) in [5.41, 5.74) is 5.75. The molecule has 0 fully saturated rings. The molecule has 0 saturated heterocycles. The van der Waals surface area contributed by atoms with Gasteiger partial charge in [-0.1, -0.05) is 12.1 Å². The van der Waals surface area contributed by atoms with Gasteiger partial charge in [-0.3, -0.25) is 14.5 Å². The molecule has 7 heteroatoms. The SMILES string of the molecule is [2H][C@@](CSc1ccc(N)cc1)(C(=O)OC(C)(C)C)N1C(=O)c2ccccc2C1=O. The fourth-order valence-electron chi connectivity index (χ4n) is 2.70. The van der Waals surface area contributed by atoms with Gasteiger partial charge in [-0.05, 0) is 57.2 Å². The zero-order valence-electron chi connectivity index (χ0n) is 16.9. The second kappa shape index (κ2) is 7.67.